The van der Waals surface area contributed by atoms with Crippen LogP contribution in [0.3, 0.4) is 0 Å². The highest BCUT2D eigenvalue weighted by molar-refractivity contribution is 6.31. The predicted molar refractivity (Wildman–Crippen MR) is 117 cm³/mol. The maximum absolute atomic E-state index is 12.8. The van der Waals surface area contributed by atoms with E-state index in [1.165, 1.54) is 15.5 Å². The average Bonchev–Trinajstić information content (AvgIpc) is 2.99. The number of nitrogens with zero attached hydrogens (tertiary/aromatic N) is 5. The molecule has 158 valence electrons. The second-order valence-corrected chi connectivity index (χ2v) is 8.66. The summed E-state index contributed by atoms with van der Waals surface area (Å²) in [6, 6.07) is 5.28. The van der Waals surface area contributed by atoms with Gasteiger partial charge in [-0.15, -0.1) is 5.10 Å². The zero-order valence-corrected chi connectivity index (χ0v) is 18.1. The molecule has 0 unspecified atom stereocenters. The molecule has 0 saturated carbocycles. The van der Waals surface area contributed by atoms with E-state index in [1.54, 1.807) is 24.5 Å². The Morgan fingerprint density at radius 1 is 1.27 bits per heavy atom. The van der Waals surface area contributed by atoms with Crippen LogP contribution in [0.4, 0.5) is 11.5 Å². The highest BCUT2D eigenvalue weighted by Gasteiger charge is 2.25. The number of nitrogens with one attached hydrogen (secondary N) is 1. The molecule has 3 aromatic rings. The van der Waals surface area contributed by atoms with Crippen molar-refractivity contribution < 1.29 is 4.79 Å². The molecule has 0 spiro atoms. The van der Waals surface area contributed by atoms with Gasteiger partial charge in [0.2, 0.25) is 11.6 Å². The van der Waals surface area contributed by atoms with Crippen LogP contribution in [0.15, 0.2) is 35.4 Å². The molecule has 2 aromatic heterocycles. The first-order valence-electron chi connectivity index (χ1n) is 10.1. The molecule has 9 heteroatoms. The van der Waals surface area contributed by atoms with Gasteiger partial charge in [-0.25, -0.2) is 18.9 Å². The lowest BCUT2D eigenvalue weighted by atomic mass is 9.92. The van der Waals surface area contributed by atoms with Crippen LogP contribution < -0.4 is 15.9 Å². The zero-order chi connectivity index (χ0) is 21.4. The van der Waals surface area contributed by atoms with E-state index >= 15 is 0 Å². The topological polar surface area (TPSA) is 84.5 Å². The van der Waals surface area contributed by atoms with Gasteiger partial charge in [0, 0.05) is 36.2 Å². The fourth-order valence-corrected chi connectivity index (χ4v) is 4.29. The van der Waals surface area contributed by atoms with E-state index in [1.807, 2.05) is 13.0 Å². The van der Waals surface area contributed by atoms with Crippen LogP contribution in [-0.4, -0.2) is 38.2 Å². The number of rotatable bonds is 4. The molecular weight excluding hydrogens is 404 g/mol. The number of benzene rings is 1. The van der Waals surface area contributed by atoms with Crippen molar-refractivity contribution >= 4 is 34.7 Å². The summed E-state index contributed by atoms with van der Waals surface area (Å²) in [4.78, 5) is 32.0. The number of amides is 1. The van der Waals surface area contributed by atoms with Crippen LogP contribution in [0.2, 0.25) is 5.02 Å². The fourth-order valence-electron chi connectivity index (χ4n) is 4.10. The minimum atomic E-state index is -0.371. The lowest BCUT2D eigenvalue weighted by molar-refractivity contribution is -0.117. The van der Waals surface area contributed by atoms with Gasteiger partial charge in [0.25, 0.3) is 0 Å². The molecule has 0 bridgehead atoms. The highest BCUT2D eigenvalue weighted by atomic mass is 35.5. The Balaban J connectivity index is 1.59. The van der Waals surface area contributed by atoms with Gasteiger partial charge in [0.15, 0.2) is 5.82 Å². The van der Waals surface area contributed by atoms with Crippen molar-refractivity contribution in [3.63, 3.8) is 0 Å². The Bertz CT molecular complexity index is 1140. The molecule has 1 amide bonds. The minimum Gasteiger partial charge on any atom is -0.353 e. The number of fused-ring (bicyclic) bond motifs is 1. The second-order valence-electron chi connectivity index (χ2n) is 8.25. The molecule has 0 radical (unpaired) electrons. The third-order valence-electron chi connectivity index (χ3n) is 5.40. The number of hydrogen-bond donors (Lipinski definition) is 1. The van der Waals surface area contributed by atoms with Gasteiger partial charge in [-0.2, -0.15) is 0 Å². The van der Waals surface area contributed by atoms with Gasteiger partial charge in [0.05, 0.1) is 0 Å². The summed E-state index contributed by atoms with van der Waals surface area (Å²) in [7, 11) is 0. The third kappa shape index (κ3) is 4.05. The summed E-state index contributed by atoms with van der Waals surface area (Å²) in [5, 5.41) is 7.76. The molecule has 1 aliphatic heterocycles. The van der Waals surface area contributed by atoms with E-state index in [0.29, 0.717) is 34.0 Å². The molecule has 1 fully saturated rings. The van der Waals surface area contributed by atoms with Crippen LogP contribution in [0.1, 0.15) is 25.8 Å². The first kappa shape index (κ1) is 20.4. The van der Waals surface area contributed by atoms with Crippen molar-refractivity contribution in [2.24, 2.45) is 11.8 Å². The Kier molecular flexibility index (Phi) is 5.51. The number of hydrogen-bond acceptors (Lipinski definition) is 5. The Morgan fingerprint density at radius 3 is 2.70 bits per heavy atom. The lowest BCUT2D eigenvalue weighted by Gasteiger charge is -2.35. The lowest BCUT2D eigenvalue weighted by Crippen LogP contribution is -2.39. The van der Waals surface area contributed by atoms with Crippen molar-refractivity contribution in [2.45, 2.75) is 33.7 Å². The van der Waals surface area contributed by atoms with Gasteiger partial charge in [-0.3, -0.25) is 4.79 Å². The maximum atomic E-state index is 12.8. The SMILES string of the molecule is Cc1ccc(NC(=O)Cn2nc3c(N4C[C@@H](C)C[C@H](C)C4)nccn3c2=O)cc1Cl. The number of piperidine rings is 1. The number of anilines is 2. The monoisotopic (exact) mass is 428 g/mol. The summed E-state index contributed by atoms with van der Waals surface area (Å²) >= 11 is 6.11. The molecule has 1 aliphatic rings. The number of aromatic nitrogens is 4. The Labute approximate surface area is 179 Å². The van der Waals surface area contributed by atoms with Crippen LogP contribution in [0.5, 0.6) is 0 Å². The van der Waals surface area contributed by atoms with Crippen molar-refractivity contribution in [3.8, 4) is 0 Å². The maximum Gasteiger partial charge on any atom is 0.350 e. The molecule has 1 N–H and O–H groups in total. The molecule has 4 rings (SSSR count). The molecule has 0 aliphatic carbocycles. The summed E-state index contributed by atoms with van der Waals surface area (Å²) < 4.78 is 2.62. The summed E-state index contributed by atoms with van der Waals surface area (Å²) in [6.45, 7) is 7.86. The van der Waals surface area contributed by atoms with Crippen LogP contribution in [0, 0.1) is 18.8 Å². The van der Waals surface area contributed by atoms with E-state index in [0.717, 1.165) is 18.7 Å². The number of aryl methyl sites for hydroxylation is 1. The molecule has 1 saturated heterocycles. The fraction of sp³-hybridized carbons (Fsp3) is 0.429. The van der Waals surface area contributed by atoms with Gasteiger partial charge < -0.3 is 10.2 Å². The number of carbonyl (C=O) groups excluding carboxylic acids is 1. The first-order chi connectivity index (χ1) is 14.3. The van der Waals surface area contributed by atoms with Gasteiger partial charge in [0.1, 0.15) is 6.54 Å². The third-order valence-corrected chi connectivity index (χ3v) is 5.81. The Hall–Kier alpha value is -2.87. The molecule has 30 heavy (non-hydrogen) atoms. The van der Waals surface area contributed by atoms with Crippen molar-refractivity contribution in [1.29, 1.82) is 0 Å². The van der Waals surface area contributed by atoms with Crippen molar-refractivity contribution in [3.05, 3.63) is 51.7 Å². The zero-order valence-electron chi connectivity index (χ0n) is 17.3. The van der Waals surface area contributed by atoms with Gasteiger partial charge >= 0.3 is 5.69 Å². The number of halogens is 1. The van der Waals surface area contributed by atoms with Crippen molar-refractivity contribution in [2.75, 3.05) is 23.3 Å². The Morgan fingerprint density at radius 2 is 2.00 bits per heavy atom. The quantitative estimate of drug-likeness (QED) is 0.690. The predicted octanol–water partition coefficient (Wildman–Crippen LogP) is 2.97. The largest absolute Gasteiger partial charge is 0.353 e. The summed E-state index contributed by atoms with van der Waals surface area (Å²) in [6.07, 6.45) is 4.36. The van der Waals surface area contributed by atoms with E-state index in [9.17, 15) is 9.59 Å². The second kappa shape index (κ2) is 8.10. The van der Waals surface area contributed by atoms with Crippen LogP contribution >= 0.6 is 11.6 Å². The molecule has 8 nitrogen and oxygen atoms in total. The average molecular weight is 429 g/mol. The molecular formula is C21H25ClN6O2. The van der Waals surface area contributed by atoms with E-state index < -0.39 is 0 Å². The van der Waals surface area contributed by atoms with E-state index in [-0.39, 0.29) is 18.1 Å². The molecule has 1 aromatic carbocycles. The normalized spacial score (nSPS) is 19.3. The minimum absolute atomic E-state index is 0.196. The molecule has 3 heterocycles. The summed E-state index contributed by atoms with van der Waals surface area (Å²) in [5.41, 5.74) is 1.59. The van der Waals surface area contributed by atoms with Crippen molar-refractivity contribution in [1.82, 2.24) is 19.2 Å². The molecule has 2 atom stereocenters. The van der Waals surface area contributed by atoms with Gasteiger partial charge in [-0.1, -0.05) is 31.5 Å². The number of carbonyl (C=O) groups is 1. The first-order valence-corrected chi connectivity index (χ1v) is 10.4. The van der Waals surface area contributed by atoms with Gasteiger partial charge in [-0.05, 0) is 42.9 Å². The van der Waals surface area contributed by atoms with E-state index in [2.05, 4.69) is 34.1 Å². The van der Waals surface area contributed by atoms with E-state index in [4.69, 9.17) is 11.6 Å². The van der Waals surface area contributed by atoms with Crippen LogP contribution in [-0.2, 0) is 11.3 Å². The highest BCUT2D eigenvalue weighted by Crippen LogP contribution is 2.26. The standard InChI is InChI=1S/C21H25ClN6O2/c1-13-8-14(2)11-26(10-13)19-20-25-28(21(30)27(20)7-6-23-19)12-18(29)24-16-5-4-15(3)17(22)9-16/h4-7,9,13-14H,8,10-12H2,1-3H3,(H,24,29)/t13-,14-/m0/s1. The summed E-state index contributed by atoms with van der Waals surface area (Å²) in [5.74, 6) is 1.40. The van der Waals surface area contributed by atoms with Crippen LogP contribution in [0.25, 0.3) is 5.65 Å². The smallest absolute Gasteiger partial charge is 0.350 e.